The Kier molecular flexibility index (Phi) is 6.26. The first kappa shape index (κ1) is 22.4. The van der Waals surface area contributed by atoms with Gasteiger partial charge in [0.1, 0.15) is 6.04 Å². The number of piperidine rings is 1. The zero-order valence-electron chi connectivity index (χ0n) is 18.9. The van der Waals surface area contributed by atoms with Gasteiger partial charge in [0.2, 0.25) is 11.8 Å². The smallest absolute Gasteiger partial charge is 0.262 e. The van der Waals surface area contributed by atoms with Gasteiger partial charge in [0.15, 0.2) is 0 Å². The van der Waals surface area contributed by atoms with Crippen LogP contribution < -0.4 is 16.0 Å². The van der Waals surface area contributed by atoms with Crippen molar-refractivity contribution in [2.45, 2.75) is 50.2 Å². The Morgan fingerprint density at radius 1 is 0.882 bits per heavy atom. The van der Waals surface area contributed by atoms with Gasteiger partial charge in [-0.3, -0.25) is 29.4 Å². The quantitative estimate of drug-likeness (QED) is 0.587. The molecule has 4 amide bonds. The number of hydrogen-bond acceptors (Lipinski definition) is 6. The molecule has 8 nitrogen and oxygen atoms in total. The van der Waals surface area contributed by atoms with E-state index in [9.17, 15) is 19.2 Å². The van der Waals surface area contributed by atoms with Gasteiger partial charge in [0, 0.05) is 24.9 Å². The number of rotatable bonds is 5. The third kappa shape index (κ3) is 4.15. The number of nitrogens with one attached hydrogen (secondary N) is 3. The molecule has 3 atom stereocenters. The first-order chi connectivity index (χ1) is 16.5. The summed E-state index contributed by atoms with van der Waals surface area (Å²) in [6.07, 6.45) is 2.21. The minimum Gasteiger partial charge on any atom is -0.317 e. The molecule has 0 aromatic heterocycles. The average molecular weight is 461 g/mol. The first-order valence-electron chi connectivity index (χ1n) is 11.9. The highest BCUT2D eigenvalue weighted by Crippen LogP contribution is 2.31. The van der Waals surface area contributed by atoms with Crippen LogP contribution in [0.15, 0.2) is 48.5 Å². The van der Waals surface area contributed by atoms with Crippen molar-refractivity contribution >= 4 is 23.6 Å². The summed E-state index contributed by atoms with van der Waals surface area (Å²) in [5, 5.41) is 9.37. The summed E-state index contributed by atoms with van der Waals surface area (Å²) in [6, 6.07) is 15.0. The summed E-state index contributed by atoms with van der Waals surface area (Å²) >= 11 is 0. The molecule has 3 heterocycles. The van der Waals surface area contributed by atoms with Crippen LogP contribution in [0.5, 0.6) is 0 Å². The second-order valence-corrected chi connectivity index (χ2v) is 9.12. The Balaban J connectivity index is 1.37. The second-order valence-electron chi connectivity index (χ2n) is 9.12. The molecule has 3 aliphatic heterocycles. The van der Waals surface area contributed by atoms with Crippen LogP contribution in [-0.2, 0) is 16.1 Å². The summed E-state index contributed by atoms with van der Waals surface area (Å²) in [5.41, 5.74) is 2.70. The molecule has 1 unspecified atom stereocenters. The molecular formula is C26H28N4O4. The molecule has 0 spiro atoms. The van der Waals surface area contributed by atoms with Crippen LogP contribution in [0.4, 0.5) is 0 Å². The van der Waals surface area contributed by atoms with E-state index in [0.717, 1.165) is 36.4 Å². The third-order valence-corrected chi connectivity index (χ3v) is 7.09. The Labute approximate surface area is 198 Å². The van der Waals surface area contributed by atoms with Crippen LogP contribution in [-0.4, -0.2) is 53.7 Å². The molecule has 0 bridgehead atoms. The van der Waals surface area contributed by atoms with E-state index in [1.807, 2.05) is 12.1 Å². The largest absolute Gasteiger partial charge is 0.317 e. The number of amides is 4. The molecule has 8 heteroatoms. The zero-order chi connectivity index (χ0) is 23.7. The van der Waals surface area contributed by atoms with Crippen molar-refractivity contribution < 1.29 is 19.2 Å². The van der Waals surface area contributed by atoms with Crippen molar-refractivity contribution in [3.8, 4) is 0 Å². The van der Waals surface area contributed by atoms with Crippen molar-refractivity contribution in [2.75, 3.05) is 13.1 Å². The summed E-state index contributed by atoms with van der Waals surface area (Å²) in [5.74, 6) is -1.58. The Bertz CT molecular complexity index is 1130. The highest BCUT2D eigenvalue weighted by Gasteiger charge is 2.45. The molecule has 2 saturated heterocycles. The number of hydrogen-bond donors (Lipinski definition) is 3. The molecule has 2 fully saturated rings. The van der Waals surface area contributed by atoms with Gasteiger partial charge in [0.05, 0.1) is 11.1 Å². The number of fused-ring (bicyclic) bond motifs is 1. The summed E-state index contributed by atoms with van der Waals surface area (Å²) in [4.78, 5) is 51.3. The maximum absolute atomic E-state index is 13.3. The van der Waals surface area contributed by atoms with Crippen LogP contribution in [0.1, 0.15) is 63.4 Å². The van der Waals surface area contributed by atoms with Crippen molar-refractivity contribution in [1.82, 2.24) is 20.9 Å². The number of imide groups is 2. The Morgan fingerprint density at radius 3 is 2.47 bits per heavy atom. The lowest BCUT2D eigenvalue weighted by atomic mass is 9.87. The van der Waals surface area contributed by atoms with E-state index >= 15 is 0 Å². The Hall–Kier alpha value is -3.36. The van der Waals surface area contributed by atoms with Crippen LogP contribution in [0.2, 0.25) is 0 Å². The van der Waals surface area contributed by atoms with E-state index in [4.69, 9.17) is 0 Å². The van der Waals surface area contributed by atoms with E-state index in [1.165, 1.54) is 5.56 Å². The molecule has 0 radical (unpaired) electrons. The van der Waals surface area contributed by atoms with Gasteiger partial charge in [-0.25, -0.2) is 0 Å². The lowest BCUT2D eigenvalue weighted by Gasteiger charge is -2.28. The molecule has 3 aliphatic rings. The predicted octanol–water partition coefficient (Wildman–Crippen LogP) is 1.71. The highest BCUT2D eigenvalue weighted by molar-refractivity contribution is 6.24. The molecule has 0 aliphatic carbocycles. The normalized spacial score (nSPS) is 25.2. The van der Waals surface area contributed by atoms with Gasteiger partial charge in [-0.15, -0.1) is 0 Å². The molecule has 2 aromatic carbocycles. The lowest BCUT2D eigenvalue weighted by Crippen LogP contribution is -2.54. The van der Waals surface area contributed by atoms with E-state index in [-0.39, 0.29) is 24.8 Å². The van der Waals surface area contributed by atoms with Crippen LogP contribution in [0.3, 0.4) is 0 Å². The van der Waals surface area contributed by atoms with Gasteiger partial charge in [-0.2, -0.15) is 0 Å². The molecule has 3 N–H and O–H groups in total. The molecule has 34 heavy (non-hydrogen) atoms. The van der Waals surface area contributed by atoms with Crippen molar-refractivity contribution in [3.05, 3.63) is 70.8 Å². The highest BCUT2D eigenvalue weighted by atomic mass is 16.2. The van der Waals surface area contributed by atoms with Crippen molar-refractivity contribution in [3.63, 3.8) is 0 Å². The van der Waals surface area contributed by atoms with E-state index < -0.39 is 23.8 Å². The molecule has 2 aromatic rings. The van der Waals surface area contributed by atoms with Crippen LogP contribution in [0.25, 0.3) is 0 Å². The third-order valence-electron chi connectivity index (χ3n) is 7.09. The monoisotopic (exact) mass is 460 g/mol. The summed E-state index contributed by atoms with van der Waals surface area (Å²) < 4.78 is 0. The summed E-state index contributed by atoms with van der Waals surface area (Å²) in [6.45, 7) is 2.31. The lowest BCUT2D eigenvalue weighted by molar-refractivity contribution is -0.136. The van der Waals surface area contributed by atoms with Gasteiger partial charge in [-0.05, 0) is 49.5 Å². The predicted molar refractivity (Wildman–Crippen MR) is 125 cm³/mol. The maximum Gasteiger partial charge on any atom is 0.262 e. The minimum absolute atomic E-state index is 0.106. The Morgan fingerprint density at radius 2 is 1.68 bits per heavy atom. The second kappa shape index (κ2) is 9.48. The SMILES string of the molecule is O=C1CCC(N2C(=O)c3cccc(CN[C@@H]4CCNCC[C@H]4c4ccccc4)c3C2=O)C(=O)N1. The van der Waals surface area contributed by atoms with E-state index in [2.05, 4.69) is 40.2 Å². The minimum atomic E-state index is -0.957. The van der Waals surface area contributed by atoms with Crippen molar-refractivity contribution in [1.29, 1.82) is 0 Å². The van der Waals surface area contributed by atoms with E-state index in [1.54, 1.807) is 12.1 Å². The van der Waals surface area contributed by atoms with Crippen LogP contribution in [0, 0.1) is 0 Å². The topological polar surface area (TPSA) is 108 Å². The maximum atomic E-state index is 13.3. The van der Waals surface area contributed by atoms with Crippen LogP contribution >= 0.6 is 0 Å². The molecule has 0 saturated carbocycles. The number of carbonyl (C=O) groups is 4. The fourth-order valence-corrected chi connectivity index (χ4v) is 5.36. The fourth-order valence-electron chi connectivity index (χ4n) is 5.36. The van der Waals surface area contributed by atoms with Gasteiger partial charge >= 0.3 is 0 Å². The van der Waals surface area contributed by atoms with Gasteiger partial charge in [0.25, 0.3) is 11.8 Å². The standard InChI is InChI=1S/C26H28N4O4/c31-22-10-9-21(24(32)29-22)30-25(33)19-8-4-7-17(23(19)26(30)34)15-28-20-12-14-27-13-11-18(20)16-5-2-1-3-6-16/h1-8,18,20-21,27-28H,9-15H2,(H,29,31,32)/t18-,20+,21?/m0/s1. The van der Waals surface area contributed by atoms with Gasteiger partial charge in [-0.1, -0.05) is 42.5 Å². The molecule has 176 valence electrons. The number of benzene rings is 2. The summed E-state index contributed by atoms with van der Waals surface area (Å²) in [7, 11) is 0. The first-order valence-corrected chi connectivity index (χ1v) is 11.9. The average Bonchev–Trinajstić information content (AvgIpc) is 2.99. The molecular weight excluding hydrogens is 432 g/mol. The number of nitrogens with zero attached hydrogens (tertiary/aromatic N) is 1. The number of carbonyl (C=O) groups excluding carboxylic acids is 4. The molecule has 5 rings (SSSR count). The zero-order valence-corrected chi connectivity index (χ0v) is 18.9. The van der Waals surface area contributed by atoms with Gasteiger partial charge < -0.3 is 10.6 Å². The van der Waals surface area contributed by atoms with Crippen molar-refractivity contribution in [2.24, 2.45) is 0 Å². The fraction of sp³-hybridized carbons (Fsp3) is 0.385. The van der Waals surface area contributed by atoms with E-state index in [0.29, 0.717) is 23.6 Å².